The summed E-state index contributed by atoms with van der Waals surface area (Å²) >= 11 is 1.09. The Morgan fingerprint density at radius 2 is 1.03 bits per heavy atom. The zero-order valence-electron chi connectivity index (χ0n) is 36.1. The van der Waals surface area contributed by atoms with Crippen LogP contribution in [0.25, 0.3) is 32.3 Å². The minimum Gasteiger partial charge on any atom is -1.00 e. The second-order valence-electron chi connectivity index (χ2n) is 19.1. The van der Waals surface area contributed by atoms with E-state index in [0.717, 1.165) is 56.3 Å². The molecule has 7 rings (SSSR count). The first kappa shape index (κ1) is 49.2. The molecule has 0 atom stereocenters. The van der Waals surface area contributed by atoms with Gasteiger partial charge in [0, 0.05) is 0 Å². The third-order valence-electron chi connectivity index (χ3n) is 10.3. The van der Waals surface area contributed by atoms with Gasteiger partial charge in [-0.15, -0.1) is 46.2 Å². The molecule has 0 aromatic heterocycles. The zero-order chi connectivity index (χ0) is 41.4. The molecule has 0 unspecified atom stereocenters. The topological polar surface area (TPSA) is 0 Å². The molecule has 0 aliphatic heterocycles. The quantitative estimate of drug-likeness (QED) is 0.152. The van der Waals surface area contributed by atoms with Crippen LogP contribution in [0, 0.1) is 6.08 Å². The summed E-state index contributed by atoms with van der Waals surface area (Å²) in [4.78, 5) is 0. The van der Waals surface area contributed by atoms with Crippen LogP contribution in [0.15, 0.2) is 115 Å². The molecule has 0 N–H and O–H groups in total. The van der Waals surface area contributed by atoms with Crippen molar-refractivity contribution in [1.82, 2.24) is 0 Å². The van der Waals surface area contributed by atoms with Crippen molar-refractivity contribution in [3.05, 3.63) is 160 Å². The van der Waals surface area contributed by atoms with Gasteiger partial charge < -0.3 is 24.8 Å². The van der Waals surface area contributed by atoms with Crippen LogP contribution in [0.2, 0.25) is 0 Å². The van der Waals surface area contributed by atoms with Crippen molar-refractivity contribution in [2.45, 2.75) is 117 Å². The van der Waals surface area contributed by atoms with Crippen molar-refractivity contribution < 1.29 is 62.2 Å². The Bertz CT molecular complexity index is 2330. The second kappa shape index (κ2) is 18.6. The summed E-state index contributed by atoms with van der Waals surface area (Å²) in [7, 11) is 0. The first-order chi connectivity index (χ1) is 25.9. The van der Waals surface area contributed by atoms with Crippen LogP contribution in [-0.2, 0) is 52.1 Å². The van der Waals surface area contributed by atoms with E-state index in [0.29, 0.717) is 5.56 Å². The molecule has 0 heterocycles. The van der Waals surface area contributed by atoms with Crippen molar-refractivity contribution >= 4 is 35.5 Å². The van der Waals surface area contributed by atoms with Gasteiger partial charge in [0.05, 0.1) is 0 Å². The average Bonchev–Trinajstić information content (AvgIpc) is 3.80. The van der Waals surface area contributed by atoms with Crippen molar-refractivity contribution in [2.24, 2.45) is 0 Å². The van der Waals surface area contributed by atoms with Gasteiger partial charge in [0.25, 0.3) is 0 Å². The Kier molecular flexibility index (Phi) is 15.8. The van der Waals surface area contributed by atoms with Crippen molar-refractivity contribution in [3.8, 4) is 0 Å². The van der Waals surface area contributed by atoms with E-state index in [4.69, 9.17) is 0 Å². The fraction of sp³-hybridized carbons (Fsp3) is 0.346. The number of benzene rings is 5. The first-order valence-electron chi connectivity index (χ1n) is 19.6. The number of hydrogen-bond acceptors (Lipinski definition) is 0. The Morgan fingerprint density at radius 1 is 0.569 bits per heavy atom. The summed E-state index contributed by atoms with van der Waals surface area (Å²) in [5, 5.41) is 7.72. The van der Waals surface area contributed by atoms with Crippen LogP contribution >= 0.6 is 0 Å². The van der Waals surface area contributed by atoms with E-state index in [2.05, 4.69) is 126 Å². The third kappa shape index (κ3) is 11.6. The fourth-order valence-corrected chi connectivity index (χ4v) is 8.30. The number of alkyl halides is 3. The molecule has 6 heteroatoms. The Morgan fingerprint density at radius 3 is 1.47 bits per heavy atom. The van der Waals surface area contributed by atoms with E-state index in [-0.39, 0.29) is 46.5 Å². The molecule has 1 aliphatic rings. The third-order valence-corrected chi connectivity index (χ3v) is 11.7. The zero-order valence-corrected chi connectivity index (χ0v) is 40.0. The number of hydrogen-bond donors (Lipinski definition) is 0. The molecule has 0 bridgehead atoms. The minimum absolute atomic E-state index is 0. The summed E-state index contributed by atoms with van der Waals surface area (Å²) in [6.07, 6.45) is 5.69. The van der Waals surface area contributed by atoms with E-state index in [1.807, 2.05) is 54.6 Å². The summed E-state index contributed by atoms with van der Waals surface area (Å²) in [5.74, 6) is 0. The standard InChI is InChI=1S/C29H41.C18H11F3.C5H5.2ClH.Zr/c1-26(2,3)22-14-18-13-19-15-23(27(4,5)6)25(29(10,11)12)17-21(19)20(18)16-24(22)28(7,8)9;19-18(20,21)16-9-3-5-13(12-16)11-15-8-4-7-14-6-1-2-10-17(14)15;1-2-4-5-3-1;;;/h13-17H,1-12H3;1-10,12H;1-3H,4H2;2*1H;/q-1;;-1;;;+2/p-2. The van der Waals surface area contributed by atoms with Gasteiger partial charge in [0.2, 0.25) is 0 Å². The van der Waals surface area contributed by atoms with E-state index in [9.17, 15) is 13.2 Å². The largest absolute Gasteiger partial charge is 1.00 e. The van der Waals surface area contributed by atoms with Crippen LogP contribution in [0.5, 0.6) is 0 Å². The van der Waals surface area contributed by atoms with Gasteiger partial charge in [0.1, 0.15) is 0 Å². The van der Waals surface area contributed by atoms with Crippen molar-refractivity contribution in [3.63, 3.8) is 0 Å². The molecule has 6 aromatic rings. The van der Waals surface area contributed by atoms with Gasteiger partial charge >= 0.3 is 141 Å². The van der Waals surface area contributed by atoms with Crippen LogP contribution < -0.4 is 24.8 Å². The summed E-state index contributed by atoms with van der Waals surface area (Å²) < 4.78 is 39.6. The van der Waals surface area contributed by atoms with Gasteiger partial charge in [-0.2, -0.15) is 6.08 Å². The molecule has 1 aliphatic carbocycles. The predicted molar refractivity (Wildman–Crippen MR) is 232 cm³/mol. The molecular weight excluding hydrogens is 844 g/mol. The fourth-order valence-electron chi connectivity index (χ4n) is 7.38. The number of halogens is 5. The number of rotatable bonds is 2. The molecule has 0 amide bonds. The molecule has 6 aromatic carbocycles. The molecule has 0 saturated carbocycles. The molecule has 0 nitrogen and oxygen atoms in total. The first-order valence-corrected chi connectivity index (χ1v) is 20.8. The van der Waals surface area contributed by atoms with Crippen LogP contribution in [0.4, 0.5) is 13.2 Å². The van der Waals surface area contributed by atoms with Crippen LogP contribution in [-0.4, -0.2) is 3.21 Å². The van der Waals surface area contributed by atoms with Crippen molar-refractivity contribution in [2.75, 3.05) is 0 Å². The summed E-state index contributed by atoms with van der Waals surface area (Å²) in [6.45, 7) is 28.0. The second-order valence-corrected chi connectivity index (χ2v) is 20.3. The molecule has 0 saturated heterocycles. The van der Waals surface area contributed by atoms with E-state index in [1.165, 1.54) is 55.9 Å². The maximum atomic E-state index is 12.9. The Labute approximate surface area is 372 Å². The molecule has 0 radical (unpaired) electrons. The summed E-state index contributed by atoms with van der Waals surface area (Å²) in [5.41, 5.74) is 7.42. The maximum Gasteiger partial charge on any atom is -0.109 e. The summed E-state index contributed by atoms with van der Waals surface area (Å²) in [6, 6.07) is 31.7. The van der Waals surface area contributed by atoms with E-state index < -0.39 is 11.7 Å². The van der Waals surface area contributed by atoms with Gasteiger partial charge in [-0.1, -0.05) is 117 Å². The van der Waals surface area contributed by atoms with E-state index >= 15 is 0 Å². The Balaban J connectivity index is 0.000000274. The van der Waals surface area contributed by atoms with Gasteiger partial charge in [-0.3, -0.25) is 6.08 Å². The normalized spacial score (nSPS) is 13.1. The van der Waals surface area contributed by atoms with Crippen LogP contribution in [0.1, 0.15) is 128 Å². The smallest absolute Gasteiger partial charge is 0.109 e. The minimum atomic E-state index is -4.31. The molecule has 0 fully saturated rings. The average molecular weight is 901 g/mol. The predicted octanol–water partition coefficient (Wildman–Crippen LogP) is 9.19. The monoisotopic (exact) mass is 898 g/mol. The maximum absolute atomic E-state index is 12.9. The molecule has 58 heavy (non-hydrogen) atoms. The SMILES string of the molecule is CC(C)(C)c1cc2[cH-]c3cc(C(C)(C)C)c(C(C)(C)C)cc3c2cc1C(C)(C)C.FC(F)(F)c1cccc([C](=[Zr+2])c2cccc3ccccc23)c1.[C-]1=CC=CC1.[Cl-].[Cl-]. The Hall–Kier alpha value is -3.17. The molecule has 306 valence electrons. The van der Waals surface area contributed by atoms with Crippen molar-refractivity contribution in [1.29, 1.82) is 0 Å². The van der Waals surface area contributed by atoms with Gasteiger partial charge in [0.15, 0.2) is 0 Å². The van der Waals surface area contributed by atoms with Gasteiger partial charge in [-0.25, -0.2) is 12.2 Å². The molecule has 0 spiro atoms. The number of fused-ring (bicyclic) bond motifs is 4. The number of allylic oxidation sites excluding steroid dienone is 4. The molecular formula is C52H57Cl2F3Zr-2. The van der Waals surface area contributed by atoms with Crippen LogP contribution in [0.3, 0.4) is 0 Å². The van der Waals surface area contributed by atoms with Gasteiger partial charge in [-0.05, 0) is 21.7 Å². The van der Waals surface area contributed by atoms with E-state index in [1.54, 1.807) is 6.07 Å².